The number of methoxy groups -OCH3 is 1. The molecule has 1 fully saturated rings. The van der Waals surface area contributed by atoms with E-state index in [0.29, 0.717) is 54.4 Å². The standard InChI is InChI=1S/C26H26F3N7O4S/c1-39-20-11-14(21-19(28)3-2-16(22(21)29)18(27)4-5-33-41(37)38)10-17-23(20)34-24(15-12-31-26(30)32-13-15)35-25(17)36-6-8-40-9-7-36/h2-3,10-13,18,33H,4-9H2,1H3,(H,37,38)(H2,30,31,32). The average Bonchev–Trinajstić information content (AvgIpc) is 2.97. The number of hydrogen-bond acceptors (Lipinski definition) is 9. The summed E-state index contributed by atoms with van der Waals surface area (Å²) >= 11 is -2.34. The van der Waals surface area contributed by atoms with E-state index in [9.17, 15) is 8.60 Å². The molecule has 2 unspecified atom stereocenters. The molecular weight excluding hydrogens is 563 g/mol. The number of nitrogens with one attached hydrogen (secondary N) is 1. The van der Waals surface area contributed by atoms with E-state index in [2.05, 4.69) is 19.7 Å². The summed E-state index contributed by atoms with van der Waals surface area (Å²) in [5.74, 6) is -0.919. The van der Waals surface area contributed by atoms with Crippen LogP contribution in [-0.4, -0.2) is 68.7 Å². The first-order valence-corrected chi connectivity index (χ1v) is 13.6. The fourth-order valence-corrected chi connectivity index (χ4v) is 4.88. The monoisotopic (exact) mass is 589 g/mol. The molecule has 41 heavy (non-hydrogen) atoms. The summed E-state index contributed by atoms with van der Waals surface area (Å²) < 4.78 is 78.7. The van der Waals surface area contributed by atoms with Gasteiger partial charge in [-0.2, -0.15) is 0 Å². The highest BCUT2D eigenvalue weighted by atomic mass is 32.2. The summed E-state index contributed by atoms with van der Waals surface area (Å²) in [5.41, 5.74) is 5.77. The highest BCUT2D eigenvalue weighted by Crippen LogP contribution is 2.40. The van der Waals surface area contributed by atoms with Gasteiger partial charge in [0.2, 0.25) is 17.2 Å². The number of halogens is 3. The topological polar surface area (TPSA) is 149 Å². The third kappa shape index (κ3) is 6.07. The average molecular weight is 590 g/mol. The van der Waals surface area contributed by atoms with E-state index in [1.807, 2.05) is 4.90 Å². The number of aromatic nitrogens is 4. The lowest BCUT2D eigenvalue weighted by Gasteiger charge is -2.29. The van der Waals surface area contributed by atoms with E-state index in [0.717, 1.165) is 12.1 Å². The van der Waals surface area contributed by atoms with Crippen LogP contribution in [0.25, 0.3) is 33.4 Å². The molecule has 0 amide bonds. The Bertz CT molecular complexity index is 1590. The van der Waals surface area contributed by atoms with Crippen molar-refractivity contribution >= 4 is 33.9 Å². The molecule has 4 N–H and O–H groups in total. The van der Waals surface area contributed by atoms with Crippen molar-refractivity contribution in [3.05, 3.63) is 53.9 Å². The van der Waals surface area contributed by atoms with Crippen molar-refractivity contribution in [3.63, 3.8) is 0 Å². The van der Waals surface area contributed by atoms with Crippen LogP contribution in [0.15, 0.2) is 36.7 Å². The van der Waals surface area contributed by atoms with Crippen LogP contribution in [0.3, 0.4) is 0 Å². The molecule has 4 aromatic rings. The van der Waals surface area contributed by atoms with E-state index in [4.69, 9.17) is 24.7 Å². The molecule has 2 aromatic carbocycles. The predicted octanol–water partition coefficient (Wildman–Crippen LogP) is 3.59. The molecule has 1 aliphatic heterocycles. The minimum Gasteiger partial charge on any atom is -0.494 e. The van der Waals surface area contributed by atoms with Crippen molar-refractivity contribution < 1.29 is 31.4 Å². The van der Waals surface area contributed by atoms with Crippen molar-refractivity contribution in [1.29, 1.82) is 0 Å². The van der Waals surface area contributed by atoms with E-state index >= 15 is 8.78 Å². The number of anilines is 2. The van der Waals surface area contributed by atoms with Gasteiger partial charge < -0.3 is 20.1 Å². The number of ether oxygens (including phenoxy) is 2. The summed E-state index contributed by atoms with van der Waals surface area (Å²) in [6.07, 6.45) is 0.821. The van der Waals surface area contributed by atoms with E-state index in [-0.39, 0.29) is 35.8 Å². The lowest BCUT2D eigenvalue weighted by molar-refractivity contribution is 0.122. The minimum atomic E-state index is -2.34. The van der Waals surface area contributed by atoms with Crippen LogP contribution in [0.4, 0.5) is 24.9 Å². The molecule has 0 saturated carbocycles. The zero-order valence-electron chi connectivity index (χ0n) is 21.8. The summed E-state index contributed by atoms with van der Waals surface area (Å²) in [5, 5.41) is 0.456. The summed E-state index contributed by atoms with van der Waals surface area (Å²) in [6.45, 7) is 1.71. The SMILES string of the molecule is COc1cc(-c2c(F)ccc(C(F)CCNS(=O)O)c2F)cc2c(N3CCOCC3)nc(-c3cnc(N)nc3)nc12. The van der Waals surface area contributed by atoms with Gasteiger partial charge in [0.15, 0.2) is 5.82 Å². The maximum atomic E-state index is 15.7. The van der Waals surface area contributed by atoms with Crippen LogP contribution in [0.1, 0.15) is 18.2 Å². The molecular formula is C26H26F3N7O4S. The van der Waals surface area contributed by atoms with Gasteiger partial charge in [0.25, 0.3) is 0 Å². The number of hydrogen-bond donors (Lipinski definition) is 3. The number of nitrogens with zero attached hydrogens (tertiary/aromatic N) is 5. The van der Waals surface area contributed by atoms with Gasteiger partial charge in [-0.1, -0.05) is 6.07 Å². The Kier molecular flexibility index (Phi) is 8.58. The number of nitrogen functional groups attached to an aromatic ring is 1. The molecule has 0 bridgehead atoms. The zero-order valence-corrected chi connectivity index (χ0v) is 22.6. The molecule has 1 saturated heterocycles. The number of nitrogens with two attached hydrogens (primary N) is 1. The van der Waals surface area contributed by atoms with Gasteiger partial charge in [-0.25, -0.2) is 42.0 Å². The number of fused-ring (bicyclic) bond motifs is 1. The maximum absolute atomic E-state index is 15.7. The Balaban J connectivity index is 1.67. The van der Waals surface area contributed by atoms with Crippen molar-refractivity contribution in [2.45, 2.75) is 12.6 Å². The van der Waals surface area contributed by atoms with Crippen molar-refractivity contribution in [2.24, 2.45) is 0 Å². The van der Waals surface area contributed by atoms with Crippen molar-refractivity contribution in [1.82, 2.24) is 24.7 Å². The molecule has 0 radical (unpaired) electrons. The number of alkyl halides is 1. The van der Waals surface area contributed by atoms with Gasteiger partial charge in [-0.15, -0.1) is 0 Å². The largest absolute Gasteiger partial charge is 0.494 e. The molecule has 0 aliphatic carbocycles. The maximum Gasteiger partial charge on any atom is 0.231 e. The first-order valence-electron chi connectivity index (χ1n) is 12.5. The Labute approximate surface area is 235 Å². The molecule has 1 aliphatic rings. The molecule has 15 heteroatoms. The van der Waals surface area contributed by atoms with Gasteiger partial charge >= 0.3 is 0 Å². The number of benzene rings is 2. The summed E-state index contributed by atoms with van der Waals surface area (Å²) in [4.78, 5) is 19.4. The van der Waals surface area contributed by atoms with Crippen LogP contribution in [0, 0.1) is 11.6 Å². The van der Waals surface area contributed by atoms with Crippen LogP contribution < -0.4 is 20.1 Å². The van der Waals surface area contributed by atoms with Crippen LogP contribution in [0.5, 0.6) is 5.75 Å². The lowest BCUT2D eigenvalue weighted by Crippen LogP contribution is -2.37. The third-order valence-electron chi connectivity index (χ3n) is 6.58. The molecule has 216 valence electrons. The molecule has 2 aromatic heterocycles. The summed E-state index contributed by atoms with van der Waals surface area (Å²) in [7, 11) is 1.40. The van der Waals surface area contributed by atoms with E-state index in [1.165, 1.54) is 25.6 Å². The third-order valence-corrected chi connectivity index (χ3v) is 7.03. The second-order valence-electron chi connectivity index (χ2n) is 9.10. The normalized spacial score (nSPS) is 15.2. The minimum absolute atomic E-state index is 0.0894. The van der Waals surface area contributed by atoms with Crippen LogP contribution in [0.2, 0.25) is 0 Å². The Hall–Kier alpha value is -3.92. The number of morpholine rings is 1. The fourth-order valence-electron chi connectivity index (χ4n) is 4.59. The van der Waals surface area contributed by atoms with Gasteiger partial charge in [0.05, 0.1) is 31.5 Å². The number of rotatable bonds is 9. The highest BCUT2D eigenvalue weighted by Gasteiger charge is 2.25. The van der Waals surface area contributed by atoms with Crippen LogP contribution in [-0.2, 0) is 16.0 Å². The molecule has 11 nitrogen and oxygen atoms in total. The first-order chi connectivity index (χ1) is 19.8. The smallest absolute Gasteiger partial charge is 0.231 e. The highest BCUT2D eigenvalue weighted by molar-refractivity contribution is 7.77. The van der Waals surface area contributed by atoms with Crippen molar-refractivity contribution in [2.75, 3.05) is 50.6 Å². The summed E-state index contributed by atoms with van der Waals surface area (Å²) in [6, 6.07) is 4.98. The fraction of sp³-hybridized carbons (Fsp3) is 0.308. The molecule has 2 atom stereocenters. The molecule has 5 rings (SSSR count). The van der Waals surface area contributed by atoms with Crippen LogP contribution >= 0.6 is 0 Å². The Morgan fingerprint density at radius 2 is 1.90 bits per heavy atom. The van der Waals surface area contributed by atoms with Gasteiger partial charge in [0, 0.05) is 43.0 Å². The molecule has 3 heterocycles. The van der Waals surface area contributed by atoms with Gasteiger partial charge in [-0.05, 0) is 30.2 Å². The Morgan fingerprint density at radius 1 is 1.17 bits per heavy atom. The second-order valence-corrected chi connectivity index (χ2v) is 9.89. The first kappa shape index (κ1) is 28.6. The quantitative estimate of drug-likeness (QED) is 0.247. The van der Waals surface area contributed by atoms with E-state index in [1.54, 1.807) is 6.07 Å². The van der Waals surface area contributed by atoms with Gasteiger partial charge in [0.1, 0.15) is 34.9 Å². The van der Waals surface area contributed by atoms with E-state index < -0.39 is 34.6 Å². The Morgan fingerprint density at radius 3 is 2.59 bits per heavy atom. The predicted molar refractivity (Wildman–Crippen MR) is 147 cm³/mol. The molecule has 0 spiro atoms. The van der Waals surface area contributed by atoms with Crippen molar-refractivity contribution in [3.8, 4) is 28.3 Å². The van der Waals surface area contributed by atoms with Gasteiger partial charge in [-0.3, -0.25) is 4.55 Å². The second kappa shape index (κ2) is 12.3. The zero-order chi connectivity index (χ0) is 29.1. The lowest BCUT2D eigenvalue weighted by atomic mass is 9.96.